The third kappa shape index (κ3) is 4.15. The summed E-state index contributed by atoms with van der Waals surface area (Å²) in [5.74, 6) is 0.0752. The second kappa shape index (κ2) is 8.60. The lowest BCUT2D eigenvalue weighted by atomic mass is 10.1. The average molecular weight is 343 g/mol. The lowest BCUT2D eigenvalue weighted by Crippen LogP contribution is -2.42. The number of pyridine rings is 1. The van der Waals surface area contributed by atoms with Crippen molar-refractivity contribution in [1.82, 2.24) is 0 Å². The number of para-hydroxylation sites is 1. The van der Waals surface area contributed by atoms with Crippen LogP contribution >= 0.6 is 0 Å². The van der Waals surface area contributed by atoms with Crippen molar-refractivity contribution in [3.05, 3.63) is 101 Å². The molecule has 5 heteroatoms. The van der Waals surface area contributed by atoms with Crippen LogP contribution in [0.1, 0.15) is 16.1 Å². The van der Waals surface area contributed by atoms with E-state index in [0.29, 0.717) is 18.5 Å². The Bertz CT molecular complexity index is 989. The van der Waals surface area contributed by atoms with E-state index in [4.69, 9.17) is 5.53 Å². The highest BCUT2D eigenvalue weighted by Gasteiger charge is 2.19. The third-order valence-corrected chi connectivity index (χ3v) is 4.17. The first-order chi connectivity index (χ1) is 12.8. The highest BCUT2D eigenvalue weighted by Crippen LogP contribution is 2.12. The van der Waals surface area contributed by atoms with Crippen LogP contribution in [0.5, 0.6) is 0 Å². The molecule has 2 aromatic carbocycles. The van der Waals surface area contributed by atoms with Gasteiger partial charge in [0, 0.05) is 34.5 Å². The van der Waals surface area contributed by atoms with Gasteiger partial charge in [-0.25, -0.2) is 0 Å². The van der Waals surface area contributed by atoms with E-state index < -0.39 is 0 Å². The van der Waals surface area contributed by atoms with Gasteiger partial charge in [-0.3, -0.25) is 4.79 Å². The van der Waals surface area contributed by atoms with Gasteiger partial charge >= 0.3 is 0 Å². The number of benzene rings is 2. The Balaban J connectivity index is 1.94. The first kappa shape index (κ1) is 17.4. The lowest BCUT2D eigenvalue weighted by molar-refractivity contribution is -0.664. The van der Waals surface area contributed by atoms with E-state index in [0.717, 1.165) is 16.6 Å². The molecule has 0 aliphatic carbocycles. The summed E-state index contributed by atoms with van der Waals surface area (Å²) < 4.78 is 2.06. The molecule has 3 rings (SSSR count). The molecule has 0 saturated heterocycles. The van der Waals surface area contributed by atoms with Gasteiger partial charge in [-0.15, -0.1) is 0 Å². The van der Waals surface area contributed by atoms with Crippen molar-refractivity contribution in [3.63, 3.8) is 0 Å². The molecule has 0 fully saturated rings. The molecule has 0 radical (unpaired) electrons. The lowest BCUT2D eigenvalue weighted by Gasteiger charge is -2.06. The summed E-state index contributed by atoms with van der Waals surface area (Å²) in [5, 5.41) is 4.59. The number of carbonyl (C=O) groups excluding carboxylic acids is 1. The molecular formula is C21H19N4O+. The quantitative estimate of drug-likeness (QED) is 0.156. The van der Waals surface area contributed by atoms with E-state index in [2.05, 4.69) is 20.7 Å². The van der Waals surface area contributed by atoms with Gasteiger partial charge in [0.2, 0.25) is 17.8 Å². The summed E-state index contributed by atoms with van der Waals surface area (Å²) >= 11 is 0. The summed E-state index contributed by atoms with van der Waals surface area (Å²) in [6, 6.07) is 21.5. The predicted octanol–water partition coefficient (Wildman–Crippen LogP) is 4.42. The number of allylic oxidation sites excluding steroid dienone is 1. The topological polar surface area (TPSA) is 69.7 Å². The van der Waals surface area contributed by atoms with Crippen LogP contribution in [0.15, 0.2) is 84.0 Å². The average Bonchev–Trinajstić information content (AvgIpc) is 2.69. The molecule has 0 N–H and O–H groups in total. The van der Waals surface area contributed by atoms with Crippen molar-refractivity contribution in [1.29, 1.82) is 0 Å². The summed E-state index contributed by atoms with van der Waals surface area (Å²) in [6.07, 6.45) is 4.45. The second-order valence-corrected chi connectivity index (χ2v) is 5.85. The number of azide groups is 1. The third-order valence-electron chi connectivity index (χ3n) is 4.17. The molecule has 3 aromatic rings. The molecule has 0 spiro atoms. The summed E-state index contributed by atoms with van der Waals surface area (Å²) in [4.78, 5) is 15.5. The van der Waals surface area contributed by atoms with E-state index in [1.165, 1.54) is 0 Å². The fourth-order valence-corrected chi connectivity index (χ4v) is 2.89. The van der Waals surface area contributed by atoms with E-state index in [-0.39, 0.29) is 12.3 Å². The Hall–Kier alpha value is -3.43. The Morgan fingerprint density at radius 1 is 1.00 bits per heavy atom. The summed E-state index contributed by atoms with van der Waals surface area (Å²) in [5.41, 5.74) is 11.1. The maximum atomic E-state index is 12.7. The highest BCUT2D eigenvalue weighted by molar-refractivity contribution is 5.95. The van der Waals surface area contributed by atoms with Gasteiger partial charge in [0.05, 0.1) is 6.42 Å². The summed E-state index contributed by atoms with van der Waals surface area (Å²) in [7, 11) is 0. The SMILES string of the molecule is [N-]=[N+]=NCC=CCc1ccc2ccccc2[n+]1CC(=O)c1ccccc1. The fourth-order valence-electron chi connectivity index (χ4n) is 2.89. The van der Waals surface area contributed by atoms with Crippen LogP contribution < -0.4 is 4.57 Å². The minimum Gasteiger partial charge on any atom is -0.287 e. The van der Waals surface area contributed by atoms with Gasteiger partial charge in [0.25, 0.3) is 0 Å². The molecular weight excluding hydrogens is 324 g/mol. The van der Waals surface area contributed by atoms with Gasteiger partial charge in [-0.2, -0.15) is 4.57 Å². The molecule has 1 aromatic heterocycles. The van der Waals surface area contributed by atoms with Crippen molar-refractivity contribution in [2.24, 2.45) is 5.11 Å². The van der Waals surface area contributed by atoms with Crippen LogP contribution in [0.4, 0.5) is 0 Å². The molecule has 1 heterocycles. The Kier molecular flexibility index (Phi) is 5.76. The first-order valence-corrected chi connectivity index (χ1v) is 8.44. The van der Waals surface area contributed by atoms with Gasteiger partial charge in [-0.1, -0.05) is 59.7 Å². The highest BCUT2D eigenvalue weighted by atomic mass is 16.1. The van der Waals surface area contributed by atoms with E-state index in [1.807, 2.05) is 72.8 Å². The zero-order valence-electron chi connectivity index (χ0n) is 14.3. The van der Waals surface area contributed by atoms with Crippen LogP contribution in [0.2, 0.25) is 0 Å². The van der Waals surface area contributed by atoms with Crippen LogP contribution in [0, 0.1) is 0 Å². The number of hydrogen-bond acceptors (Lipinski definition) is 2. The van der Waals surface area contributed by atoms with Crippen LogP contribution in [0.25, 0.3) is 21.3 Å². The molecule has 128 valence electrons. The van der Waals surface area contributed by atoms with Crippen molar-refractivity contribution < 1.29 is 9.36 Å². The molecule has 5 nitrogen and oxygen atoms in total. The number of fused-ring (bicyclic) bond motifs is 1. The number of hydrogen-bond donors (Lipinski definition) is 0. The van der Waals surface area contributed by atoms with Gasteiger partial charge in [0.1, 0.15) is 0 Å². The number of ketones is 1. The number of rotatable bonds is 7. The number of aromatic nitrogens is 1. The van der Waals surface area contributed by atoms with Crippen molar-refractivity contribution in [2.75, 3.05) is 6.54 Å². The number of Topliss-reactive ketones (excluding diaryl/α,β-unsaturated/α-hetero) is 1. The van der Waals surface area contributed by atoms with Crippen molar-refractivity contribution >= 4 is 16.7 Å². The van der Waals surface area contributed by atoms with E-state index in [1.54, 1.807) is 0 Å². The van der Waals surface area contributed by atoms with E-state index >= 15 is 0 Å². The smallest absolute Gasteiger partial charge is 0.227 e. The minimum atomic E-state index is 0.0752. The van der Waals surface area contributed by atoms with Crippen LogP contribution in [-0.4, -0.2) is 12.3 Å². The molecule has 0 unspecified atom stereocenters. The Labute approximate surface area is 151 Å². The molecule has 0 saturated carbocycles. The van der Waals surface area contributed by atoms with Crippen LogP contribution in [0.3, 0.4) is 0 Å². The van der Waals surface area contributed by atoms with Gasteiger partial charge < -0.3 is 0 Å². The van der Waals surface area contributed by atoms with E-state index in [9.17, 15) is 4.79 Å². The molecule has 0 atom stereocenters. The minimum absolute atomic E-state index is 0.0752. The second-order valence-electron chi connectivity index (χ2n) is 5.85. The normalized spacial score (nSPS) is 10.8. The number of nitrogens with zero attached hydrogens (tertiary/aromatic N) is 4. The zero-order valence-corrected chi connectivity index (χ0v) is 14.3. The zero-order chi connectivity index (χ0) is 18.2. The maximum absolute atomic E-state index is 12.7. The maximum Gasteiger partial charge on any atom is 0.227 e. The first-order valence-electron chi connectivity index (χ1n) is 8.44. The largest absolute Gasteiger partial charge is 0.287 e. The van der Waals surface area contributed by atoms with Gasteiger partial charge in [0.15, 0.2) is 5.69 Å². The fraction of sp³-hybridized carbons (Fsp3) is 0.143. The molecule has 26 heavy (non-hydrogen) atoms. The standard InChI is InChI=1S/C21H19N4O/c22-24-23-15-7-6-11-19-14-13-17-8-4-5-12-20(17)25(19)16-21(26)18-9-2-1-3-10-18/h1-10,12-14H,11,15-16H2/q+1. The predicted molar refractivity (Wildman–Crippen MR) is 102 cm³/mol. The van der Waals surface area contributed by atoms with Crippen molar-refractivity contribution in [3.8, 4) is 0 Å². The Morgan fingerprint density at radius 3 is 2.58 bits per heavy atom. The Morgan fingerprint density at radius 2 is 1.77 bits per heavy atom. The monoisotopic (exact) mass is 343 g/mol. The molecule has 0 aliphatic heterocycles. The summed E-state index contributed by atoms with van der Waals surface area (Å²) in [6.45, 7) is 0.609. The van der Waals surface area contributed by atoms with Gasteiger partial charge in [-0.05, 0) is 17.7 Å². The molecule has 0 aliphatic rings. The molecule has 0 bridgehead atoms. The van der Waals surface area contributed by atoms with Crippen molar-refractivity contribution in [2.45, 2.75) is 13.0 Å². The number of carbonyl (C=O) groups is 1. The van der Waals surface area contributed by atoms with Crippen LogP contribution in [-0.2, 0) is 13.0 Å². The molecule has 0 amide bonds.